The highest BCUT2D eigenvalue weighted by Crippen LogP contribution is 2.14. The summed E-state index contributed by atoms with van der Waals surface area (Å²) in [4.78, 5) is 0. The van der Waals surface area contributed by atoms with Crippen molar-refractivity contribution >= 4 is 0 Å². The fourth-order valence-electron chi connectivity index (χ4n) is 1.45. The molecule has 0 aliphatic heterocycles. The molecular formula is C13H25O2. The fraction of sp³-hybridized carbons (Fsp3) is 0.769. The van der Waals surface area contributed by atoms with Crippen molar-refractivity contribution in [2.24, 2.45) is 0 Å². The quantitative estimate of drug-likeness (QED) is 0.615. The molecule has 0 aromatic heterocycles. The van der Waals surface area contributed by atoms with Gasteiger partial charge in [0.25, 0.3) is 0 Å². The van der Waals surface area contributed by atoms with Crippen molar-refractivity contribution in [3.05, 3.63) is 19.1 Å². The third kappa shape index (κ3) is 7.57. The number of ether oxygens (including phenoxy) is 2. The Balaban J connectivity index is 4.12. The summed E-state index contributed by atoms with van der Waals surface area (Å²) in [6.07, 6.45) is 5.38. The van der Waals surface area contributed by atoms with Crippen LogP contribution in [0.4, 0.5) is 0 Å². The molecule has 89 valence electrons. The highest BCUT2D eigenvalue weighted by atomic mass is 16.5. The second-order valence-electron chi connectivity index (χ2n) is 4.32. The minimum Gasteiger partial charge on any atom is -0.373 e. The summed E-state index contributed by atoms with van der Waals surface area (Å²) in [6, 6.07) is 0. The van der Waals surface area contributed by atoms with Crippen LogP contribution in [0.15, 0.2) is 12.7 Å². The summed E-state index contributed by atoms with van der Waals surface area (Å²) in [6.45, 7) is 13.9. The van der Waals surface area contributed by atoms with Crippen LogP contribution in [-0.2, 0) is 9.47 Å². The second kappa shape index (κ2) is 7.89. The minimum absolute atomic E-state index is 0.114. The van der Waals surface area contributed by atoms with Gasteiger partial charge in [-0.3, -0.25) is 0 Å². The first-order chi connectivity index (χ1) is 6.97. The number of rotatable bonds is 8. The number of hydrogen-bond acceptors (Lipinski definition) is 2. The van der Waals surface area contributed by atoms with Crippen molar-refractivity contribution in [1.29, 1.82) is 0 Å². The molecule has 0 aliphatic rings. The number of hydrogen-bond donors (Lipinski definition) is 0. The lowest BCUT2D eigenvalue weighted by Gasteiger charge is -2.27. The average Bonchev–Trinajstić information content (AvgIpc) is 2.10. The molecule has 0 aliphatic carbocycles. The fourth-order valence-corrected chi connectivity index (χ4v) is 1.45. The Morgan fingerprint density at radius 1 is 1.00 bits per heavy atom. The van der Waals surface area contributed by atoms with E-state index in [9.17, 15) is 0 Å². The van der Waals surface area contributed by atoms with Crippen molar-refractivity contribution in [2.45, 2.75) is 65.5 Å². The summed E-state index contributed by atoms with van der Waals surface area (Å²) in [7, 11) is 0. The SMILES string of the molecule is C=C[CH]CC(OC(C)C)C(C)OC(C)C. The van der Waals surface area contributed by atoms with Gasteiger partial charge in [-0.05, 0) is 47.5 Å². The zero-order valence-electron chi connectivity index (χ0n) is 10.7. The first-order valence-electron chi connectivity index (χ1n) is 5.72. The van der Waals surface area contributed by atoms with Gasteiger partial charge in [-0.1, -0.05) is 6.08 Å². The normalized spacial score (nSPS) is 15.7. The predicted octanol–water partition coefficient (Wildman–Crippen LogP) is 3.37. The van der Waals surface area contributed by atoms with E-state index in [1.54, 1.807) is 6.08 Å². The van der Waals surface area contributed by atoms with Gasteiger partial charge in [-0.2, -0.15) is 0 Å². The first kappa shape index (κ1) is 14.7. The van der Waals surface area contributed by atoms with E-state index >= 15 is 0 Å². The summed E-state index contributed by atoms with van der Waals surface area (Å²) in [5, 5.41) is 0. The summed E-state index contributed by atoms with van der Waals surface area (Å²) in [5.74, 6) is 0. The Morgan fingerprint density at radius 3 is 1.93 bits per heavy atom. The van der Waals surface area contributed by atoms with E-state index in [1.807, 2.05) is 34.1 Å². The molecule has 15 heavy (non-hydrogen) atoms. The van der Waals surface area contributed by atoms with Gasteiger partial charge >= 0.3 is 0 Å². The van der Waals surface area contributed by atoms with E-state index in [0.717, 1.165) is 6.42 Å². The van der Waals surface area contributed by atoms with Crippen LogP contribution in [0.3, 0.4) is 0 Å². The topological polar surface area (TPSA) is 18.5 Å². The standard InChI is InChI=1S/C13H25O2/c1-7-8-9-13(15-11(4)5)12(6)14-10(2)3/h7-8,10-13H,1,9H2,2-6H3. The predicted molar refractivity (Wildman–Crippen MR) is 64.8 cm³/mol. The maximum atomic E-state index is 5.81. The van der Waals surface area contributed by atoms with Crippen LogP contribution in [0.25, 0.3) is 0 Å². The van der Waals surface area contributed by atoms with Crippen LogP contribution in [0.5, 0.6) is 0 Å². The molecular weight excluding hydrogens is 188 g/mol. The monoisotopic (exact) mass is 213 g/mol. The molecule has 0 saturated carbocycles. The van der Waals surface area contributed by atoms with Gasteiger partial charge in [0.1, 0.15) is 0 Å². The van der Waals surface area contributed by atoms with Gasteiger partial charge in [-0.15, -0.1) is 6.58 Å². The van der Waals surface area contributed by atoms with E-state index in [1.165, 1.54) is 0 Å². The third-order valence-corrected chi connectivity index (χ3v) is 1.99. The lowest BCUT2D eigenvalue weighted by Crippen LogP contribution is -2.33. The Kier molecular flexibility index (Phi) is 7.71. The zero-order chi connectivity index (χ0) is 11.8. The summed E-state index contributed by atoms with van der Waals surface area (Å²) < 4.78 is 11.5. The van der Waals surface area contributed by atoms with Gasteiger partial charge in [-0.25, -0.2) is 0 Å². The molecule has 2 nitrogen and oxygen atoms in total. The summed E-state index contributed by atoms with van der Waals surface area (Å²) >= 11 is 0. The molecule has 0 fully saturated rings. The van der Waals surface area contributed by atoms with Crippen LogP contribution < -0.4 is 0 Å². The molecule has 2 heteroatoms. The zero-order valence-corrected chi connectivity index (χ0v) is 10.7. The highest BCUT2D eigenvalue weighted by Gasteiger charge is 2.20. The van der Waals surface area contributed by atoms with Gasteiger partial charge in [0.15, 0.2) is 0 Å². The molecule has 0 amide bonds. The average molecular weight is 213 g/mol. The molecule has 0 saturated heterocycles. The Bertz CT molecular complexity index is 164. The lowest BCUT2D eigenvalue weighted by atomic mass is 10.1. The molecule has 0 bridgehead atoms. The van der Waals surface area contributed by atoms with Gasteiger partial charge in [0.2, 0.25) is 0 Å². The van der Waals surface area contributed by atoms with Gasteiger partial charge < -0.3 is 9.47 Å². The summed E-state index contributed by atoms with van der Waals surface area (Å²) in [5.41, 5.74) is 0. The van der Waals surface area contributed by atoms with Crippen LogP contribution >= 0.6 is 0 Å². The Labute approximate surface area is 94.7 Å². The van der Waals surface area contributed by atoms with Crippen molar-refractivity contribution in [2.75, 3.05) is 0 Å². The molecule has 0 heterocycles. The Morgan fingerprint density at radius 2 is 1.53 bits per heavy atom. The van der Waals surface area contributed by atoms with E-state index in [4.69, 9.17) is 9.47 Å². The van der Waals surface area contributed by atoms with E-state index in [2.05, 4.69) is 13.5 Å². The molecule has 0 rings (SSSR count). The van der Waals surface area contributed by atoms with E-state index in [0.29, 0.717) is 0 Å². The molecule has 0 N–H and O–H groups in total. The second-order valence-corrected chi connectivity index (χ2v) is 4.32. The molecule has 0 aromatic rings. The first-order valence-corrected chi connectivity index (χ1v) is 5.72. The van der Waals surface area contributed by atoms with Crippen molar-refractivity contribution in [3.63, 3.8) is 0 Å². The van der Waals surface area contributed by atoms with Crippen molar-refractivity contribution in [3.8, 4) is 0 Å². The van der Waals surface area contributed by atoms with Crippen LogP contribution in [-0.4, -0.2) is 24.4 Å². The smallest absolute Gasteiger partial charge is 0.0843 e. The minimum atomic E-state index is 0.114. The van der Waals surface area contributed by atoms with Crippen molar-refractivity contribution in [1.82, 2.24) is 0 Å². The third-order valence-electron chi connectivity index (χ3n) is 1.99. The molecule has 2 atom stereocenters. The number of allylic oxidation sites excluding steroid dienone is 1. The Hall–Kier alpha value is -0.340. The highest BCUT2D eigenvalue weighted by molar-refractivity contribution is 4.90. The van der Waals surface area contributed by atoms with Gasteiger partial charge in [0.05, 0.1) is 24.4 Å². The van der Waals surface area contributed by atoms with Crippen LogP contribution in [0, 0.1) is 6.42 Å². The van der Waals surface area contributed by atoms with Crippen LogP contribution in [0.1, 0.15) is 41.0 Å². The lowest BCUT2D eigenvalue weighted by molar-refractivity contribution is -0.102. The largest absolute Gasteiger partial charge is 0.373 e. The maximum absolute atomic E-state index is 5.81. The molecule has 0 spiro atoms. The van der Waals surface area contributed by atoms with Crippen molar-refractivity contribution < 1.29 is 9.47 Å². The van der Waals surface area contributed by atoms with Crippen LogP contribution in [0.2, 0.25) is 0 Å². The maximum Gasteiger partial charge on any atom is 0.0843 e. The molecule has 0 aromatic carbocycles. The van der Waals surface area contributed by atoms with E-state index in [-0.39, 0.29) is 24.4 Å². The molecule has 2 unspecified atom stereocenters. The van der Waals surface area contributed by atoms with E-state index < -0.39 is 0 Å². The van der Waals surface area contributed by atoms with Gasteiger partial charge in [0, 0.05) is 0 Å². The molecule has 1 radical (unpaired) electrons.